The van der Waals surface area contributed by atoms with Crippen LogP contribution in [0, 0.1) is 0 Å². The van der Waals surface area contributed by atoms with Gasteiger partial charge in [-0.1, -0.05) is 17.7 Å². The van der Waals surface area contributed by atoms with Crippen LogP contribution in [0.4, 0.5) is 0 Å². The van der Waals surface area contributed by atoms with Crippen molar-refractivity contribution < 1.29 is 14.3 Å². The lowest BCUT2D eigenvalue weighted by Crippen LogP contribution is -2.18. The molecule has 160 valence electrons. The molecule has 0 saturated heterocycles. The molecule has 1 aliphatic rings. The quantitative estimate of drug-likeness (QED) is 0.448. The maximum absolute atomic E-state index is 12.2. The number of rotatable bonds is 7. The molecule has 3 aromatic rings. The summed E-state index contributed by atoms with van der Waals surface area (Å²) >= 11 is 5.98. The predicted molar refractivity (Wildman–Crippen MR) is 119 cm³/mol. The van der Waals surface area contributed by atoms with Gasteiger partial charge in [-0.15, -0.1) is 0 Å². The number of aromatic nitrogens is 2. The first-order chi connectivity index (χ1) is 15.0. The van der Waals surface area contributed by atoms with Crippen molar-refractivity contribution in [2.24, 2.45) is 12.1 Å². The molecule has 0 atom stereocenters. The fourth-order valence-corrected chi connectivity index (χ4v) is 3.89. The number of benzene rings is 2. The largest absolute Gasteiger partial charge is 0.496 e. The second-order valence-corrected chi connectivity index (χ2v) is 7.75. The Morgan fingerprint density at radius 3 is 2.87 bits per heavy atom. The number of ether oxygens (including phenoxy) is 2. The lowest BCUT2D eigenvalue weighted by Gasteiger charge is -2.12. The van der Waals surface area contributed by atoms with E-state index < -0.39 is 5.91 Å². The van der Waals surface area contributed by atoms with Gasteiger partial charge < -0.3 is 9.47 Å². The SMILES string of the molecule is COc1ccc(/C=N\NC(=O)c2nn(C)cc2Cl)cc1COc1ccc2c(c1)CCC2. The van der Waals surface area contributed by atoms with Gasteiger partial charge in [0, 0.05) is 18.8 Å². The molecule has 2 aromatic carbocycles. The molecule has 1 heterocycles. The van der Waals surface area contributed by atoms with Gasteiger partial charge in [0.1, 0.15) is 18.1 Å². The van der Waals surface area contributed by atoms with Gasteiger partial charge in [0.15, 0.2) is 5.69 Å². The number of hydrazone groups is 1. The van der Waals surface area contributed by atoms with Gasteiger partial charge in [-0.05, 0) is 66.3 Å². The van der Waals surface area contributed by atoms with Crippen LogP contribution in [0.25, 0.3) is 0 Å². The van der Waals surface area contributed by atoms with Crippen LogP contribution in [0.5, 0.6) is 11.5 Å². The maximum atomic E-state index is 12.2. The topological polar surface area (TPSA) is 77.7 Å². The molecular formula is C23H23ClN4O3. The summed E-state index contributed by atoms with van der Waals surface area (Å²) in [6.45, 7) is 0.361. The van der Waals surface area contributed by atoms with Gasteiger partial charge in [-0.25, -0.2) is 5.43 Å². The summed E-state index contributed by atoms with van der Waals surface area (Å²) in [5, 5.41) is 8.29. The molecule has 8 heteroatoms. The number of carbonyl (C=O) groups excluding carboxylic acids is 1. The molecule has 4 rings (SSSR count). The number of hydrogen-bond acceptors (Lipinski definition) is 5. The second kappa shape index (κ2) is 9.22. The molecule has 0 unspecified atom stereocenters. The highest BCUT2D eigenvalue weighted by Crippen LogP contribution is 2.27. The summed E-state index contributed by atoms with van der Waals surface area (Å²) in [4.78, 5) is 12.2. The van der Waals surface area contributed by atoms with Crippen LogP contribution in [0.1, 0.15) is 39.2 Å². The van der Waals surface area contributed by atoms with Gasteiger partial charge in [0.25, 0.3) is 5.91 Å². The Hall–Kier alpha value is -3.32. The molecule has 0 aliphatic heterocycles. The fraction of sp³-hybridized carbons (Fsp3) is 0.261. The molecule has 7 nitrogen and oxygen atoms in total. The lowest BCUT2D eigenvalue weighted by molar-refractivity contribution is 0.0949. The summed E-state index contributed by atoms with van der Waals surface area (Å²) in [6, 6.07) is 11.9. The van der Waals surface area contributed by atoms with Crippen LogP contribution in [0.2, 0.25) is 5.02 Å². The van der Waals surface area contributed by atoms with E-state index in [4.69, 9.17) is 21.1 Å². The average Bonchev–Trinajstić information content (AvgIpc) is 3.37. The van der Waals surface area contributed by atoms with E-state index in [0.29, 0.717) is 6.61 Å². The second-order valence-electron chi connectivity index (χ2n) is 7.34. The number of halogens is 1. The summed E-state index contributed by atoms with van der Waals surface area (Å²) < 4.78 is 12.9. The van der Waals surface area contributed by atoms with Crippen molar-refractivity contribution in [1.82, 2.24) is 15.2 Å². The Kier molecular flexibility index (Phi) is 6.23. The smallest absolute Gasteiger partial charge is 0.293 e. The van der Waals surface area contributed by atoms with Crippen LogP contribution in [0.15, 0.2) is 47.7 Å². The number of nitrogens with one attached hydrogen (secondary N) is 1. The number of fused-ring (bicyclic) bond motifs is 1. The Morgan fingerprint density at radius 1 is 1.26 bits per heavy atom. The predicted octanol–water partition coefficient (Wildman–Crippen LogP) is 3.91. The third-order valence-electron chi connectivity index (χ3n) is 5.15. The van der Waals surface area contributed by atoms with E-state index >= 15 is 0 Å². The standard InChI is InChI=1S/C23H23ClN4O3/c1-28-13-20(24)22(27-28)23(29)26-25-12-15-6-9-21(30-2)18(10-15)14-31-19-8-7-16-4-3-5-17(16)11-19/h6-13H,3-5,14H2,1-2H3,(H,26,29)/b25-12-. The zero-order valence-electron chi connectivity index (χ0n) is 17.4. The molecule has 0 spiro atoms. The van der Waals surface area contributed by atoms with Crippen LogP contribution in [0.3, 0.4) is 0 Å². The maximum Gasteiger partial charge on any atom is 0.293 e. The van der Waals surface area contributed by atoms with Crippen molar-refractivity contribution in [3.05, 3.63) is 75.6 Å². The molecule has 1 N–H and O–H groups in total. The van der Waals surface area contributed by atoms with Gasteiger partial charge in [0.05, 0.1) is 18.3 Å². The third kappa shape index (κ3) is 4.88. The van der Waals surface area contributed by atoms with E-state index in [1.165, 1.54) is 22.2 Å². The molecule has 0 bridgehead atoms. The molecular weight excluding hydrogens is 416 g/mol. The molecule has 1 amide bonds. The number of carbonyl (C=O) groups is 1. The number of methoxy groups -OCH3 is 1. The summed E-state index contributed by atoms with van der Waals surface area (Å²) in [5.41, 5.74) is 7.02. The van der Waals surface area contributed by atoms with E-state index in [-0.39, 0.29) is 10.7 Å². The number of amides is 1. The summed E-state index contributed by atoms with van der Waals surface area (Å²) in [6.07, 6.45) is 6.56. The minimum Gasteiger partial charge on any atom is -0.496 e. The van der Waals surface area contributed by atoms with E-state index in [2.05, 4.69) is 27.8 Å². The normalized spacial score (nSPS) is 12.7. The Bertz CT molecular complexity index is 1140. The van der Waals surface area contributed by atoms with Crippen molar-refractivity contribution in [3.63, 3.8) is 0 Å². The van der Waals surface area contributed by atoms with E-state index in [0.717, 1.165) is 35.5 Å². The van der Waals surface area contributed by atoms with Crippen LogP contribution in [-0.2, 0) is 26.5 Å². The average molecular weight is 439 g/mol. The number of hydrogen-bond donors (Lipinski definition) is 1. The molecule has 1 aromatic heterocycles. The van der Waals surface area contributed by atoms with Gasteiger partial charge in [-0.2, -0.15) is 10.2 Å². The van der Waals surface area contributed by atoms with Gasteiger partial charge in [-0.3, -0.25) is 9.48 Å². The minimum absolute atomic E-state index is 0.125. The number of aryl methyl sites for hydroxylation is 3. The van der Waals surface area contributed by atoms with Crippen LogP contribution >= 0.6 is 11.6 Å². The Balaban J connectivity index is 1.42. The lowest BCUT2D eigenvalue weighted by atomic mass is 10.1. The van der Waals surface area contributed by atoms with Crippen LogP contribution in [-0.4, -0.2) is 29.0 Å². The Morgan fingerprint density at radius 2 is 2.10 bits per heavy atom. The van der Waals surface area contributed by atoms with Crippen molar-refractivity contribution in [2.75, 3.05) is 7.11 Å². The molecule has 0 fully saturated rings. The van der Waals surface area contributed by atoms with Crippen molar-refractivity contribution in [3.8, 4) is 11.5 Å². The zero-order chi connectivity index (χ0) is 21.8. The first-order valence-corrected chi connectivity index (χ1v) is 10.4. The molecule has 0 saturated carbocycles. The molecule has 31 heavy (non-hydrogen) atoms. The Labute approximate surface area is 185 Å². The minimum atomic E-state index is -0.476. The van der Waals surface area contributed by atoms with Gasteiger partial charge in [0.2, 0.25) is 0 Å². The van der Waals surface area contributed by atoms with Gasteiger partial charge >= 0.3 is 0 Å². The first kappa shape index (κ1) is 20.9. The highest BCUT2D eigenvalue weighted by molar-refractivity contribution is 6.33. The summed E-state index contributed by atoms with van der Waals surface area (Å²) in [5.74, 6) is 1.10. The van der Waals surface area contributed by atoms with E-state index in [9.17, 15) is 4.79 Å². The molecule has 0 radical (unpaired) electrons. The van der Waals surface area contributed by atoms with Crippen LogP contribution < -0.4 is 14.9 Å². The number of nitrogens with zero attached hydrogens (tertiary/aromatic N) is 3. The zero-order valence-corrected chi connectivity index (χ0v) is 18.1. The van der Waals surface area contributed by atoms with Crippen molar-refractivity contribution in [1.29, 1.82) is 0 Å². The summed E-state index contributed by atoms with van der Waals surface area (Å²) in [7, 11) is 3.31. The van der Waals surface area contributed by atoms with Crippen molar-refractivity contribution >= 4 is 23.7 Å². The van der Waals surface area contributed by atoms with Crippen molar-refractivity contribution in [2.45, 2.75) is 25.9 Å². The first-order valence-electron chi connectivity index (χ1n) is 9.97. The monoisotopic (exact) mass is 438 g/mol. The van der Waals surface area contributed by atoms with E-state index in [1.807, 2.05) is 24.3 Å². The fourth-order valence-electron chi connectivity index (χ4n) is 3.62. The molecule has 1 aliphatic carbocycles. The highest BCUT2D eigenvalue weighted by Gasteiger charge is 2.14. The third-order valence-corrected chi connectivity index (χ3v) is 5.42. The highest BCUT2D eigenvalue weighted by atomic mass is 35.5. The van der Waals surface area contributed by atoms with E-state index in [1.54, 1.807) is 26.6 Å².